The highest BCUT2D eigenvalue weighted by atomic mass is 79.9. The number of ether oxygens (including phenoxy) is 1. The largest absolute Gasteiger partial charge is 0.492 e. The molecule has 26 heavy (non-hydrogen) atoms. The van der Waals surface area contributed by atoms with Crippen molar-refractivity contribution in [3.63, 3.8) is 0 Å². The molecule has 0 aliphatic rings. The van der Waals surface area contributed by atoms with Crippen molar-refractivity contribution in [1.82, 2.24) is 9.78 Å². The number of para-hydroxylation sites is 1. The number of halogens is 1. The first-order valence-electron chi connectivity index (χ1n) is 7.95. The van der Waals surface area contributed by atoms with E-state index in [0.29, 0.717) is 11.4 Å². The van der Waals surface area contributed by atoms with E-state index < -0.39 is 0 Å². The van der Waals surface area contributed by atoms with Crippen molar-refractivity contribution in [3.05, 3.63) is 87.3 Å². The number of carbonyl (C=O) groups is 1. The number of anilines is 1. The van der Waals surface area contributed by atoms with Crippen LogP contribution in [0.1, 0.15) is 10.5 Å². The molecule has 0 atom stereocenters. The minimum atomic E-state index is -0.384. The molecule has 7 heteroatoms. The summed E-state index contributed by atoms with van der Waals surface area (Å²) in [5.74, 6) is 0.328. The van der Waals surface area contributed by atoms with Gasteiger partial charge in [0.1, 0.15) is 18.1 Å². The van der Waals surface area contributed by atoms with E-state index >= 15 is 0 Å². The smallest absolute Gasteiger partial charge is 0.276 e. The highest BCUT2D eigenvalue weighted by molar-refractivity contribution is 9.10. The summed E-state index contributed by atoms with van der Waals surface area (Å²) in [6, 6.07) is 19.2. The minimum Gasteiger partial charge on any atom is -0.492 e. The van der Waals surface area contributed by atoms with E-state index in [1.165, 1.54) is 16.8 Å². The van der Waals surface area contributed by atoms with Crippen LogP contribution in [0.2, 0.25) is 0 Å². The first kappa shape index (κ1) is 17.9. The third kappa shape index (κ3) is 4.80. The Morgan fingerprint density at radius 3 is 2.50 bits per heavy atom. The summed E-state index contributed by atoms with van der Waals surface area (Å²) < 4.78 is 7.71. The average Bonchev–Trinajstić information content (AvgIpc) is 2.66. The summed E-state index contributed by atoms with van der Waals surface area (Å²) in [7, 11) is 0. The van der Waals surface area contributed by atoms with Gasteiger partial charge in [-0.15, -0.1) is 0 Å². The Morgan fingerprint density at radius 1 is 1.04 bits per heavy atom. The molecule has 3 rings (SSSR count). The average molecular weight is 414 g/mol. The molecule has 1 aromatic heterocycles. The van der Waals surface area contributed by atoms with E-state index in [1.54, 1.807) is 12.1 Å². The molecule has 1 heterocycles. The predicted octanol–water partition coefficient (Wildman–Crippen LogP) is 3.34. The van der Waals surface area contributed by atoms with Gasteiger partial charge in [0.15, 0.2) is 0 Å². The summed E-state index contributed by atoms with van der Waals surface area (Å²) in [6.07, 6.45) is 0. The summed E-state index contributed by atoms with van der Waals surface area (Å²) in [5.41, 5.74) is 0.513. The summed E-state index contributed by atoms with van der Waals surface area (Å²) in [6.45, 7) is 0.516. The third-order valence-electron chi connectivity index (χ3n) is 3.52. The third-order valence-corrected chi connectivity index (χ3v) is 4.05. The van der Waals surface area contributed by atoms with Gasteiger partial charge in [-0.05, 0) is 42.5 Å². The van der Waals surface area contributed by atoms with E-state index in [0.717, 1.165) is 4.47 Å². The predicted molar refractivity (Wildman–Crippen MR) is 103 cm³/mol. The van der Waals surface area contributed by atoms with Crippen LogP contribution in [0, 0.1) is 0 Å². The quantitative estimate of drug-likeness (QED) is 0.672. The number of hydrogen-bond donors (Lipinski definition) is 1. The molecule has 0 fully saturated rings. The molecule has 0 aliphatic heterocycles. The molecular weight excluding hydrogens is 398 g/mol. The fourth-order valence-corrected chi connectivity index (χ4v) is 2.49. The van der Waals surface area contributed by atoms with Crippen molar-refractivity contribution in [2.24, 2.45) is 0 Å². The van der Waals surface area contributed by atoms with Crippen molar-refractivity contribution in [2.75, 3.05) is 11.9 Å². The van der Waals surface area contributed by atoms with Crippen LogP contribution in [0.25, 0.3) is 0 Å². The molecule has 0 saturated carbocycles. The lowest BCUT2D eigenvalue weighted by atomic mass is 10.3. The second-order valence-electron chi connectivity index (χ2n) is 5.40. The number of aromatic nitrogens is 2. The summed E-state index contributed by atoms with van der Waals surface area (Å²) in [4.78, 5) is 24.3. The van der Waals surface area contributed by atoms with Crippen LogP contribution in [-0.2, 0) is 6.54 Å². The number of nitrogens with zero attached hydrogens (tertiary/aromatic N) is 2. The van der Waals surface area contributed by atoms with Crippen LogP contribution in [0.5, 0.6) is 5.75 Å². The molecule has 132 valence electrons. The SMILES string of the molecule is O=C(Nc1ccc(Br)cc1)c1ccc(=O)n(CCOc2ccccc2)n1. The van der Waals surface area contributed by atoms with Crippen molar-refractivity contribution in [3.8, 4) is 5.75 Å². The minimum absolute atomic E-state index is 0.159. The Balaban J connectivity index is 1.65. The van der Waals surface area contributed by atoms with E-state index in [-0.39, 0.29) is 30.3 Å². The van der Waals surface area contributed by atoms with Gasteiger partial charge >= 0.3 is 0 Å². The van der Waals surface area contributed by atoms with Crippen LogP contribution in [-0.4, -0.2) is 22.3 Å². The lowest BCUT2D eigenvalue weighted by Gasteiger charge is -2.09. The van der Waals surface area contributed by atoms with Gasteiger partial charge in [-0.25, -0.2) is 4.68 Å². The molecule has 0 aliphatic carbocycles. The maximum absolute atomic E-state index is 12.3. The number of rotatable bonds is 6. The molecular formula is C19H16BrN3O3. The number of carbonyl (C=O) groups excluding carboxylic acids is 1. The lowest BCUT2D eigenvalue weighted by molar-refractivity contribution is 0.101. The lowest BCUT2D eigenvalue weighted by Crippen LogP contribution is -2.28. The van der Waals surface area contributed by atoms with E-state index in [4.69, 9.17) is 4.74 Å². The molecule has 1 N–H and O–H groups in total. The first-order chi connectivity index (χ1) is 12.6. The topological polar surface area (TPSA) is 73.2 Å². The highest BCUT2D eigenvalue weighted by Crippen LogP contribution is 2.14. The standard InChI is InChI=1S/C19H16BrN3O3/c20-14-6-8-15(9-7-14)21-19(25)17-10-11-18(24)23(22-17)12-13-26-16-4-2-1-3-5-16/h1-11H,12-13H2,(H,21,25). The number of amides is 1. The monoisotopic (exact) mass is 413 g/mol. The molecule has 3 aromatic rings. The van der Waals surface area contributed by atoms with Crippen molar-refractivity contribution in [2.45, 2.75) is 6.54 Å². The van der Waals surface area contributed by atoms with Crippen LogP contribution in [0.4, 0.5) is 5.69 Å². The van der Waals surface area contributed by atoms with Gasteiger partial charge in [0.25, 0.3) is 11.5 Å². The Hall–Kier alpha value is -2.93. The fraction of sp³-hybridized carbons (Fsp3) is 0.105. The fourth-order valence-electron chi connectivity index (χ4n) is 2.23. The van der Waals surface area contributed by atoms with Gasteiger partial charge in [0, 0.05) is 16.2 Å². The van der Waals surface area contributed by atoms with Crippen LogP contribution < -0.4 is 15.6 Å². The maximum atomic E-state index is 12.3. The molecule has 0 unspecified atom stereocenters. The molecule has 0 radical (unpaired) electrons. The number of benzene rings is 2. The van der Waals surface area contributed by atoms with Crippen molar-refractivity contribution < 1.29 is 9.53 Å². The zero-order valence-electron chi connectivity index (χ0n) is 13.8. The Morgan fingerprint density at radius 2 is 1.77 bits per heavy atom. The van der Waals surface area contributed by atoms with E-state index in [2.05, 4.69) is 26.3 Å². The molecule has 2 aromatic carbocycles. The zero-order chi connectivity index (χ0) is 18.4. The Labute approximate surface area is 158 Å². The van der Waals surface area contributed by atoms with Crippen LogP contribution >= 0.6 is 15.9 Å². The first-order valence-corrected chi connectivity index (χ1v) is 8.74. The van der Waals surface area contributed by atoms with Crippen LogP contribution in [0.3, 0.4) is 0 Å². The molecule has 0 spiro atoms. The number of nitrogens with one attached hydrogen (secondary N) is 1. The van der Waals surface area contributed by atoms with Gasteiger partial charge in [0.2, 0.25) is 0 Å². The van der Waals surface area contributed by atoms with Crippen molar-refractivity contribution in [1.29, 1.82) is 0 Å². The zero-order valence-corrected chi connectivity index (χ0v) is 15.3. The molecule has 0 saturated heterocycles. The normalized spacial score (nSPS) is 10.3. The van der Waals surface area contributed by atoms with E-state index in [1.807, 2.05) is 42.5 Å². The second kappa shape index (κ2) is 8.44. The molecule has 0 bridgehead atoms. The van der Waals surface area contributed by atoms with E-state index in [9.17, 15) is 9.59 Å². The van der Waals surface area contributed by atoms with Gasteiger partial charge < -0.3 is 10.1 Å². The molecule has 6 nitrogen and oxygen atoms in total. The van der Waals surface area contributed by atoms with Gasteiger partial charge in [-0.3, -0.25) is 9.59 Å². The van der Waals surface area contributed by atoms with Crippen LogP contribution in [0.15, 0.2) is 76.0 Å². The van der Waals surface area contributed by atoms with Gasteiger partial charge in [-0.1, -0.05) is 34.1 Å². The molecule has 1 amide bonds. The Kier molecular flexibility index (Phi) is 5.80. The number of hydrogen-bond acceptors (Lipinski definition) is 4. The highest BCUT2D eigenvalue weighted by Gasteiger charge is 2.10. The summed E-state index contributed by atoms with van der Waals surface area (Å²) in [5, 5.41) is 6.87. The second-order valence-corrected chi connectivity index (χ2v) is 6.32. The summed E-state index contributed by atoms with van der Waals surface area (Å²) >= 11 is 3.34. The maximum Gasteiger partial charge on any atom is 0.276 e. The Bertz CT molecular complexity index is 940. The van der Waals surface area contributed by atoms with Crippen molar-refractivity contribution >= 4 is 27.5 Å². The van der Waals surface area contributed by atoms with Gasteiger partial charge in [-0.2, -0.15) is 5.10 Å². The van der Waals surface area contributed by atoms with Gasteiger partial charge in [0.05, 0.1) is 6.54 Å².